The van der Waals surface area contributed by atoms with Crippen LogP contribution in [-0.2, 0) is 9.53 Å². The number of carbonyl (C=O) groups excluding carboxylic acids is 1. The molecule has 0 saturated carbocycles. The molecule has 0 aliphatic rings. The SMILES string of the molecule is CC(C)(C)OC(=O)NC(CSc1ccc(Br)cc1N)C(=O)O. The van der Waals surface area contributed by atoms with Gasteiger partial charge in [-0.05, 0) is 39.0 Å². The van der Waals surface area contributed by atoms with Crippen molar-refractivity contribution in [3.05, 3.63) is 22.7 Å². The molecule has 6 nitrogen and oxygen atoms in total. The summed E-state index contributed by atoms with van der Waals surface area (Å²) in [6.45, 7) is 5.12. The minimum Gasteiger partial charge on any atom is -0.480 e. The van der Waals surface area contributed by atoms with Crippen LogP contribution in [0.1, 0.15) is 20.8 Å². The van der Waals surface area contributed by atoms with Crippen LogP contribution in [0.2, 0.25) is 0 Å². The predicted octanol–water partition coefficient (Wildman–Crippen LogP) is 3.10. The lowest BCUT2D eigenvalue weighted by Crippen LogP contribution is -2.44. The molecule has 0 aromatic heterocycles. The van der Waals surface area contributed by atoms with Gasteiger partial charge in [0.25, 0.3) is 0 Å². The number of benzene rings is 1. The topological polar surface area (TPSA) is 102 Å². The molecule has 0 saturated heterocycles. The Bertz CT molecular complexity index is 560. The number of hydrogen-bond donors (Lipinski definition) is 3. The van der Waals surface area contributed by atoms with E-state index in [2.05, 4.69) is 21.2 Å². The number of aliphatic carboxylic acids is 1. The molecule has 8 heteroatoms. The Kier molecular flexibility index (Phi) is 6.55. The third-order valence-corrected chi connectivity index (χ3v) is 4.04. The highest BCUT2D eigenvalue weighted by Crippen LogP contribution is 2.28. The molecular weight excluding hydrogens is 372 g/mol. The molecule has 0 fully saturated rings. The zero-order valence-corrected chi connectivity index (χ0v) is 15.0. The lowest BCUT2D eigenvalue weighted by Gasteiger charge is -2.22. The highest BCUT2D eigenvalue weighted by molar-refractivity contribution is 9.10. The van der Waals surface area contributed by atoms with Gasteiger partial charge in [-0.25, -0.2) is 9.59 Å². The van der Waals surface area contributed by atoms with Crippen molar-refractivity contribution in [3.8, 4) is 0 Å². The molecule has 0 bridgehead atoms. The van der Waals surface area contributed by atoms with Gasteiger partial charge in [0.1, 0.15) is 11.6 Å². The molecule has 0 aliphatic carbocycles. The first-order valence-electron chi connectivity index (χ1n) is 6.48. The maximum absolute atomic E-state index is 11.7. The van der Waals surface area contributed by atoms with E-state index in [0.717, 1.165) is 9.37 Å². The number of rotatable bonds is 5. The molecule has 22 heavy (non-hydrogen) atoms. The van der Waals surface area contributed by atoms with Crippen molar-refractivity contribution in [1.29, 1.82) is 0 Å². The second-order valence-corrected chi connectivity index (χ2v) is 7.51. The molecule has 1 aromatic rings. The first kappa shape index (κ1) is 18.6. The number of thioether (sulfide) groups is 1. The van der Waals surface area contributed by atoms with E-state index in [4.69, 9.17) is 10.5 Å². The van der Waals surface area contributed by atoms with Crippen molar-refractivity contribution in [1.82, 2.24) is 5.32 Å². The van der Waals surface area contributed by atoms with E-state index in [9.17, 15) is 14.7 Å². The number of amides is 1. The Morgan fingerprint density at radius 2 is 2.09 bits per heavy atom. The number of carboxylic acid groups (broad SMARTS) is 1. The number of hydrogen-bond acceptors (Lipinski definition) is 5. The van der Waals surface area contributed by atoms with Crippen molar-refractivity contribution in [3.63, 3.8) is 0 Å². The van der Waals surface area contributed by atoms with E-state index in [1.54, 1.807) is 32.9 Å². The van der Waals surface area contributed by atoms with Gasteiger partial charge in [0.05, 0.1) is 0 Å². The lowest BCUT2D eigenvalue weighted by molar-refractivity contribution is -0.138. The average Bonchev–Trinajstić information content (AvgIpc) is 2.33. The van der Waals surface area contributed by atoms with Crippen molar-refractivity contribution >= 4 is 45.4 Å². The molecule has 1 atom stereocenters. The van der Waals surface area contributed by atoms with Crippen LogP contribution < -0.4 is 11.1 Å². The van der Waals surface area contributed by atoms with Gasteiger partial charge in [0, 0.05) is 20.8 Å². The number of ether oxygens (including phenoxy) is 1. The van der Waals surface area contributed by atoms with Crippen LogP contribution in [0.15, 0.2) is 27.6 Å². The smallest absolute Gasteiger partial charge is 0.408 e. The molecule has 0 aliphatic heterocycles. The molecule has 1 unspecified atom stereocenters. The Hall–Kier alpha value is -1.41. The second-order valence-electron chi connectivity index (χ2n) is 5.53. The summed E-state index contributed by atoms with van der Waals surface area (Å²) in [6.07, 6.45) is -0.760. The maximum atomic E-state index is 11.7. The molecular formula is C14H19BrN2O4S. The van der Waals surface area contributed by atoms with Crippen molar-refractivity contribution < 1.29 is 19.4 Å². The molecule has 1 amide bonds. The molecule has 1 aromatic carbocycles. The molecule has 0 heterocycles. The van der Waals surface area contributed by atoms with Crippen LogP contribution in [0, 0.1) is 0 Å². The van der Waals surface area contributed by atoms with Gasteiger partial charge in [-0.2, -0.15) is 0 Å². The zero-order valence-electron chi connectivity index (χ0n) is 12.6. The van der Waals surface area contributed by atoms with Crippen LogP contribution in [-0.4, -0.2) is 34.6 Å². The van der Waals surface area contributed by atoms with Gasteiger partial charge in [0.2, 0.25) is 0 Å². The van der Waals surface area contributed by atoms with Crippen LogP contribution in [0.5, 0.6) is 0 Å². The van der Waals surface area contributed by atoms with Gasteiger partial charge >= 0.3 is 12.1 Å². The van der Waals surface area contributed by atoms with Crippen molar-refractivity contribution in [2.45, 2.75) is 37.3 Å². The number of halogens is 1. The fraction of sp³-hybridized carbons (Fsp3) is 0.429. The van der Waals surface area contributed by atoms with Crippen LogP contribution in [0.25, 0.3) is 0 Å². The number of anilines is 1. The van der Waals surface area contributed by atoms with Crippen LogP contribution >= 0.6 is 27.7 Å². The Labute approximate surface area is 141 Å². The summed E-state index contributed by atoms with van der Waals surface area (Å²) in [5, 5.41) is 11.5. The fourth-order valence-corrected chi connectivity index (χ4v) is 2.79. The van der Waals surface area contributed by atoms with Gasteiger partial charge in [-0.3, -0.25) is 0 Å². The number of carbonyl (C=O) groups is 2. The zero-order chi connectivity index (χ0) is 16.9. The van der Waals surface area contributed by atoms with Gasteiger partial charge in [0.15, 0.2) is 0 Å². The largest absolute Gasteiger partial charge is 0.480 e. The third-order valence-electron chi connectivity index (χ3n) is 2.37. The molecule has 4 N–H and O–H groups in total. The Morgan fingerprint density at radius 3 is 2.59 bits per heavy atom. The van der Waals surface area contributed by atoms with E-state index in [-0.39, 0.29) is 5.75 Å². The van der Waals surface area contributed by atoms with Crippen LogP contribution in [0.4, 0.5) is 10.5 Å². The van der Waals surface area contributed by atoms with Crippen LogP contribution in [0.3, 0.4) is 0 Å². The van der Waals surface area contributed by atoms with E-state index >= 15 is 0 Å². The van der Waals surface area contributed by atoms with Gasteiger partial charge in [-0.15, -0.1) is 11.8 Å². The third kappa shape index (κ3) is 6.57. The number of nitrogens with two attached hydrogens (primary N) is 1. The highest BCUT2D eigenvalue weighted by Gasteiger charge is 2.24. The number of nitrogen functional groups attached to an aromatic ring is 1. The van der Waals surface area contributed by atoms with Gasteiger partial charge < -0.3 is 20.9 Å². The normalized spacial score (nSPS) is 12.5. The first-order chi connectivity index (χ1) is 10.1. The minimum absolute atomic E-state index is 0.139. The van der Waals surface area contributed by atoms with Crippen molar-refractivity contribution in [2.24, 2.45) is 0 Å². The van der Waals surface area contributed by atoms with E-state index in [1.165, 1.54) is 11.8 Å². The average molecular weight is 391 g/mol. The summed E-state index contributed by atoms with van der Waals surface area (Å²) in [7, 11) is 0. The highest BCUT2D eigenvalue weighted by atomic mass is 79.9. The van der Waals surface area contributed by atoms with E-state index in [0.29, 0.717) is 5.69 Å². The fourth-order valence-electron chi connectivity index (χ4n) is 1.45. The van der Waals surface area contributed by atoms with E-state index in [1.807, 2.05) is 6.07 Å². The monoisotopic (exact) mass is 390 g/mol. The molecule has 1 rings (SSSR count). The predicted molar refractivity (Wildman–Crippen MR) is 90.1 cm³/mol. The summed E-state index contributed by atoms with van der Waals surface area (Å²) in [5.74, 6) is -0.991. The summed E-state index contributed by atoms with van der Waals surface area (Å²) >= 11 is 4.56. The molecule has 0 radical (unpaired) electrons. The first-order valence-corrected chi connectivity index (χ1v) is 8.26. The Balaban J connectivity index is 2.65. The lowest BCUT2D eigenvalue weighted by atomic mass is 10.2. The Morgan fingerprint density at radius 1 is 1.45 bits per heavy atom. The standard InChI is InChI=1S/C14H19BrN2O4S/c1-14(2,3)21-13(20)17-10(12(18)19)7-22-11-5-4-8(15)6-9(11)16/h4-6,10H,7,16H2,1-3H3,(H,17,20)(H,18,19). The quantitative estimate of drug-likeness (QED) is 0.527. The molecule has 0 spiro atoms. The summed E-state index contributed by atoms with van der Waals surface area (Å²) in [5.41, 5.74) is 5.72. The molecule has 122 valence electrons. The van der Waals surface area contributed by atoms with Crippen molar-refractivity contribution in [2.75, 3.05) is 11.5 Å². The summed E-state index contributed by atoms with van der Waals surface area (Å²) in [4.78, 5) is 23.6. The number of nitrogens with one attached hydrogen (secondary N) is 1. The second kappa shape index (κ2) is 7.73. The maximum Gasteiger partial charge on any atom is 0.408 e. The summed E-state index contributed by atoms with van der Waals surface area (Å²) < 4.78 is 5.90. The minimum atomic E-state index is -1.13. The van der Waals surface area contributed by atoms with E-state index < -0.39 is 23.7 Å². The van der Waals surface area contributed by atoms with Gasteiger partial charge in [-0.1, -0.05) is 15.9 Å². The number of alkyl carbamates (subject to hydrolysis) is 1. The number of carboxylic acids is 1. The summed E-state index contributed by atoms with van der Waals surface area (Å²) in [6, 6.07) is 4.27.